The fourth-order valence-corrected chi connectivity index (χ4v) is 6.04. The number of ketones is 1. The number of hydrogen-bond donors (Lipinski definition) is 1. The Balaban J connectivity index is 2.08. The van der Waals surface area contributed by atoms with Crippen molar-refractivity contribution in [2.45, 2.75) is 85.7 Å². The third-order valence-corrected chi connectivity index (χ3v) is 8.14. The summed E-state index contributed by atoms with van der Waals surface area (Å²) in [6, 6.07) is 8.34. The Morgan fingerprint density at radius 2 is 1.97 bits per heavy atom. The third kappa shape index (κ3) is 3.81. The fourth-order valence-electron chi connectivity index (χ4n) is 6.04. The van der Waals surface area contributed by atoms with Gasteiger partial charge in [0, 0.05) is 11.0 Å². The molecule has 1 aromatic rings. The number of Topliss-reactive ketones (excluding diaryl/α,β-unsaturated/α-hetero) is 1. The monoisotopic (exact) mass is 440 g/mol. The van der Waals surface area contributed by atoms with Gasteiger partial charge in [-0.05, 0) is 61.5 Å². The Kier molecular flexibility index (Phi) is 7.48. The maximum atomic E-state index is 13.3. The zero-order chi connectivity index (χ0) is 23.7. The van der Waals surface area contributed by atoms with Crippen LogP contribution in [0.3, 0.4) is 0 Å². The SMILES string of the molecule is C/C=C(\C=c1\ccccc1=C(C)CC)C1O[C@@H]2C[C@@H](C(C)C)C(C)(CC)[C@]2(C(=O)CO)O1. The van der Waals surface area contributed by atoms with E-state index in [0.29, 0.717) is 5.92 Å². The highest BCUT2D eigenvalue weighted by Crippen LogP contribution is 2.61. The quantitative estimate of drug-likeness (QED) is 0.693. The summed E-state index contributed by atoms with van der Waals surface area (Å²) in [5, 5.41) is 12.3. The van der Waals surface area contributed by atoms with Gasteiger partial charge in [-0.2, -0.15) is 0 Å². The van der Waals surface area contributed by atoms with Gasteiger partial charge in [-0.1, -0.05) is 70.5 Å². The van der Waals surface area contributed by atoms with Crippen LogP contribution in [0.2, 0.25) is 0 Å². The van der Waals surface area contributed by atoms with Crippen molar-refractivity contribution in [3.05, 3.63) is 46.4 Å². The number of allylic oxidation sites excluding steroid dienone is 1. The Hall–Kier alpha value is -1.75. The highest BCUT2D eigenvalue weighted by atomic mass is 16.7. The van der Waals surface area contributed by atoms with Crippen LogP contribution < -0.4 is 10.4 Å². The predicted molar refractivity (Wildman–Crippen MR) is 129 cm³/mol. The van der Waals surface area contributed by atoms with E-state index < -0.39 is 23.9 Å². The fraction of sp³-hybridized carbons (Fsp3) is 0.607. The van der Waals surface area contributed by atoms with E-state index in [9.17, 15) is 9.90 Å². The molecule has 3 rings (SSSR count). The number of fused-ring (bicyclic) bond motifs is 1. The number of carbonyl (C=O) groups is 1. The van der Waals surface area contributed by atoms with E-state index in [2.05, 4.69) is 65.8 Å². The van der Waals surface area contributed by atoms with Crippen molar-refractivity contribution in [2.24, 2.45) is 17.3 Å². The first-order chi connectivity index (χ1) is 15.2. The van der Waals surface area contributed by atoms with Gasteiger partial charge in [0.2, 0.25) is 0 Å². The molecule has 1 N–H and O–H groups in total. The molecule has 1 aliphatic heterocycles. The average molecular weight is 441 g/mol. The van der Waals surface area contributed by atoms with E-state index >= 15 is 0 Å². The van der Waals surface area contributed by atoms with Crippen molar-refractivity contribution < 1.29 is 19.4 Å². The molecule has 0 bridgehead atoms. The van der Waals surface area contributed by atoms with Crippen molar-refractivity contribution in [3.63, 3.8) is 0 Å². The summed E-state index contributed by atoms with van der Waals surface area (Å²) in [4.78, 5) is 13.3. The zero-order valence-electron chi connectivity index (χ0n) is 20.8. The van der Waals surface area contributed by atoms with E-state index in [4.69, 9.17) is 9.47 Å². The van der Waals surface area contributed by atoms with Gasteiger partial charge in [-0.15, -0.1) is 0 Å². The van der Waals surface area contributed by atoms with Crippen LogP contribution in [0.25, 0.3) is 11.6 Å². The molecular formula is C28H40O4. The lowest BCUT2D eigenvalue weighted by atomic mass is 9.64. The molecule has 4 heteroatoms. The van der Waals surface area contributed by atoms with E-state index in [1.807, 2.05) is 19.1 Å². The highest BCUT2D eigenvalue weighted by Gasteiger charge is 2.71. The Labute approximate surface area is 193 Å². The van der Waals surface area contributed by atoms with Crippen LogP contribution in [-0.2, 0) is 14.3 Å². The second-order valence-corrected chi connectivity index (χ2v) is 9.90. The minimum absolute atomic E-state index is 0.261. The van der Waals surface area contributed by atoms with Crippen LogP contribution in [0.4, 0.5) is 0 Å². The van der Waals surface area contributed by atoms with Crippen molar-refractivity contribution in [1.29, 1.82) is 0 Å². The molecule has 1 aromatic carbocycles. The van der Waals surface area contributed by atoms with E-state index in [1.54, 1.807) is 0 Å². The minimum atomic E-state index is -1.12. The van der Waals surface area contributed by atoms with E-state index in [1.165, 1.54) is 10.8 Å². The van der Waals surface area contributed by atoms with Crippen LogP contribution in [0.1, 0.15) is 67.7 Å². The summed E-state index contributed by atoms with van der Waals surface area (Å²) in [5.41, 5.74) is 0.704. The Bertz CT molecular complexity index is 991. The lowest BCUT2D eigenvalue weighted by molar-refractivity contribution is -0.168. The summed E-state index contributed by atoms with van der Waals surface area (Å²) in [7, 11) is 0. The first kappa shape index (κ1) is 24.9. The number of rotatable bonds is 7. The standard InChI is InChI=1S/C28H40O4/c1-8-19(6)22-14-12-11-13-21(22)15-20(9-2)26-31-25-16-23(18(4)5)27(7,10-3)28(25,32-26)24(30)17-29/h9,11-15,18,23,25-26,29H,8,10,16-17H2,1-7H3/b20-9+,21-15-,22-19?/t23-,25+,26?,27?,28+/m0/s1. The van der Waals surface area contributed by atoms with Gasteiger partial charge in [0.25, 0.3) is 0 Å². The number of benzene rings is 1. The van der Waals surface area contributed by atoms with Crippen LogP contribution in [0.5, 0.6) is 0 Å². The largest absolute Gasteiger partial charge is 0.388 e. The molecule has 0 radical (unpaired) electrons. The molecule has 2 unspecified atom stereocenters. The minimum Gasteiger partial charge on any atom is -0.388 e. The molecule has 2 aliphatic rings. The molecular weight excluding hydrogens is 400 g/mol. The van der Waals surface area contributed by atoms with Crippen LogP contribution in [0.15, 0.2) is 35.9 Å². The number of aliphatic hydroxyl groups excluding tert-OH is 1. The predicted octanol–water partition coefficient (Wildman–Crippen LogP) is 4.13. The third-order valence-electron chi connectivity index (χ3n) is 8.14. The number of aliphatic hydroxyl groups is 1. The first-order valence-corrected chi connectivity index (χ1v) is 12.1. The smallest absolute Gasteiger partial charge is 0.193 e. The van der Waals surface area contributed by atoms with Crippen molar-refractivity contribution in [2.75, 3.05) is 6.61 Å². The van der Waals surface area contributed by atoms with Crippen LogP contribution in [-0.4, -0.2) is 35.5 Å². The van der Waals surface area contributed by atoms with Gasteiger partial charge in [0.15, 0.2) is 17.7 Å². The average Bonchev–Trinajstić information content (AvgIpc) is 3.30. The van der Waals surface area contributed by atoms with E-state index in [0.717, 1.165) is 30.1 Å². The molecule has 4 nitrogen and oxygen atoms in total. The van der Waals surface area contributed by atoms with Crippen LogP contribution >= 0.6 is 0 Å². The molecule has 0 aromatic heterocycles. The van der Waals surface area contributed by atoms with Crippen molar-refractivity contribution in [3.8, 4) is 0 Å². The first-order valence-electron chi connectivity index (χ1n) is 12.1. The zero-order valence-corrected chi connectivity index (χ0v) is 20.8. The van der Waals surface area contributed by atoms with Gasteiger partial charge < -0.3 is 14.6 Å². The molecule has 2 fully saturated rings. The molecule has 176 valence electrons. The topological polar surface area (TPSA) is 55.8 Å². The van der Waals surface area contributed by atoms with E-state index in [-0.39, 0.29) is 17.8 Å². The summed E-state index contributed by atoms with van der Waals surface area (Å²) in [5.74, 6) is 0.421. The number of ether oxygens (including phenoxy) is 2. The summed E-state index contributed by atoms with van der Waals surface area (Å²) in [6.07, 6.45) is 5.66. The molecule has 5 atom stereocenters. The normalized spacial score (nSPS) is 34.2. The van der Waals surface area contributed by atoms with Gasteiger partial charge in [-0.3, -0.25) is 4.79 Å². The van der Waals surface area contributed by atoms with Crippen molar-refractivity contribution >= 4 is 17.4 Å². The lowest BCUT2D eigenvalue weighted by Crippen LogP contribution is -2.57. The van der Waals surface area contributed by atoms with Gasteiger partial charge >= 0.3 is 0 Å². The van der Waals surface area contributed by atoms with Crippen molar-refractivity contribution in [1.82, 2.24) is 0 Å². The Morgan fingerprint density at radius 1 is 1.28 bits per heavy atom. The van der Waals surface area contributed by atoms with Crippen LogP contribution in [0, 0.1) is 17.3 Å². The second-order valence-electron chi connectivity index (χ2n) is 9.90. The van der Waals surface area contributed by atoms with Gasteiger partial charge in [0.1, 0.15) is 6.61 Å². The summed E-state index contributed by atoms with van der Waals surface area (Å²) in [6.45, 7) is 14.4. The molecule has 1 saturated carbocycles. The highest BCUT2D eigenvalue weighted by molar-refractivity contribution is 5.91. The lowest BCUT2D eigenvalue weighted by Gasteiger charge is -2.44. The molecule has 1 aliphatic carbocycles. The van der Waals surface area contributed by atoms with Gasteiger partial charge in [-0.25, -0.2) is 0 Å². The maximum Gasteiger partial charge on any atom is 0.193 e. The number of hydrogen-bond acceptors (Lipinski definition) is 4. The molecule has 32 heavy (non-hydrogen) atoms. The molecule has 1 saturated heterocycles. The molecule has 0 spiro atoms. The molecule has 0 amide bonds. The Morgan fingerprint density at radius 3 is 2.53 bits per heavy atom. The van der Waals surface area contributed by atoms with Gasteiger partial charge in [0.05, 0.1) is 6.10 Å². The maximum absolute atomic E-state index is 13.3. The second kappa shape index (κ2) is 9.62. The number of carbonyl (C=O) groups excluding carboxylic acids is 1. The summed E-state index contributed by atoms with van der Waals surface area (Å²) < 4.78 is 13.1. The molecule has 1 heterocycles. The summed E-state index contributed by atoms with van der Waals surface area (Å²) >= 11 is 0.